The minimum absolute atomic E-state index is 0.0991. The highest BCUT2D eigenvalue weighted by molar-refractivity contribution is 5.35. The highest BCUT2D eigenvalue weighted by atomic mass is 19.4. The van der Waals surface area contributed by atoms with E-state index in [-0.39, 0.29) is 12.0 Å². The second-order valence-corrected chi connectivity index (χ2v) is 6.99. The van der Waals surface area contributed by atoms with Crippen LogP contribution in [-0.2, 0) is 6.18 Å². The molecule has 1 fully saturated rings. The number of piperazine rings is 1. The van der Waals surface area contributed by atoms with Crippen LogP contribution in [0.5, 0.6) is 0 Å². The zero-order valence-electron chi connectivity index (χ0n) is 15.8. The number of aromatic nitrogens is 2. The molecule has 2 heterocycles. The molecule has 0 radical (unpaired) electrons. The molecule has 7 heteroatoms. The van der Waals surface area contributed by atoms with Crippen molar-refractivity contribution in [2.24, 2.45) is 0 Å². The van der Waals surface area contributed by atoms with Gasteiger partial charge in [0.05, 0.1) is 6.04 Å². The Hall–Kier alpha value is -2.93. The second-order valence-electron chi connectivity index (χ2n) is 6.99. The van der Waals surface area contributed by atoms with Crippen LogP contribution in [0.1, 0.15) is 22.9 Å². The predicted molar refractivity (Wildman–Crippen MR) is 106 cm³/mol. The van der Waals surface area contributed by atoms with Gasteiger partial charge >= 0.3 is 6.18 Å². The summed E-state index contributed by atoms with van der Waals surface area (Å²) >= 11 is 0. The topological polar surface area (TPSA) is 32.3 Å². The lowest BCUT2D eigenvalue weighted by atomic mass is 9.96. The van der Waals surface area contributed by atoms with E-state index < -0.39 is 11.9 Å². The fourth-order valence-corrected chi connectivity index (χ4v) is 3.72. The molecule has 1 aromatic heterocycles. The predicted octanol–water partition coefficient (Wildman–Crippen LogP) is 4.41. The third kappa shape index (κ3) is 4.40. The second kappa shape index (κ2) is 8.21. The summed E-state index contributed by atoms with van der Waals surface area (Å²) in [5.41, 5.74) is 1.49. The zero-order valence-corrected chi connectivity index (χ0v) is 15.8. The summed E-state index contributed by atoms with van der Waals surface area (Å²) in [5, 5.41) is 0. The van der Waals surface area contributed by atoms with Gasteiger partial charge in [0.15, 0.2) is 0 Å². The Labute approximate surface area is 167 Å². The molecule has 0 atom stereocenters. The molecule has 0 N–H and O–H groups in total. The Morgan fingerprint density at radius 3 is 1.83 bits per heavy atom. The molecule has 1 aliphatic heterocycles. The number of hydrogen-bond donors (Lipinski definition) is 0. The molecule has 2 aromatic carbocycles. The summed E-state index contributed by atoms with van der Waals surface area (Å²) < 4.78 is 38.9. The maximum atomic E-state index is 13.0. The number of benzene rings is 2. The highest BCUT2D eigenvalue weighted by Crippen LogP contribution is 2.31. The van der Waals surface area contributed by atoms with Crippen LogP contribution in [0.3, 0.4) is 0 Å². The van der Waals surface area contributed by atoms with Gasteiger partial charge in [-0.05, 0) is 17.2 Å². The fourth-order valence-electron chi connectivity index (χ4n) is 3.72. The number of rotatable bonds is 4. The summed E-state index contributed by atoms with van der Waals surface area (Å²) in [7, 11) is 0. The number of hydrogen-bond acceptors (Lipinski definition) is 4. The molecule has 150 valence electrons. The maximum Gasteiger partial charge on any atom is 0.433 e. The Kier molecular flexibility index (Phi) is 5.49. The molecule has 0 bridgehead atoms. The molecular formula is C22H21F3N4. The molecule has 3 aromatic rings. The standard InChI is InChI=1S/C22H21F3N4/c23-22(24,25)19-11-12-26-21(27-19)29-15-13-28(14-16-29)20(17-7-3-1-4-8-17)18-9-5-2-6-10-18/h1-12,20H,13-16H2. The van der Waals surface area contributed by atoms with Crippen molar-refractivity contribution in [1.29, 1.82) is 0 Å². The van der Waals surface area contributed by atoms with Crippen molar-refractivity contribution in [3.63, 3.8) is 0 Å². The highest BCUT2D eigenvalue weighted by Gasteiger charge is 2.34. The largest absolute Gasteiger partial charge is 0.433 e. The van der Waals surface area contributed by atoms with Gasteiger partial charge in [-0.3, -0.25) is 4.90 Å². The van der Waals surface area contributed by atoms with E-state index in [0.717, 1.165) is 6.07 Å². The van der Waals surface area contributed by atoms with Crippen LogP contribution < -0.4 is 4.90 Å². The van der Waals surface area contributed by atoms with Crippen LogP contribution >= 0.6 is 0 Å². The van der Waals surface area contributed by atoms with Gasteiger partial charge in [0.2, 0.25) is 5.95 Å². The number of halogens is 3. The molecule has 0 unspecified atom stereocenters. The van der Waals surface area contributed by atoms with Crippen molar-refractivity contribution in [2.75, 3.05) is 31.1 Å². The quantitative estimate of drug-likeness (QED) is 0.652. The van der Waals surface area contributed by atoms with E-state index in [1.165, 1.54) is 17.3 Å². The lowest BCUT2D eigenvalue weighted by Gasteiger charge is -2.39. The van der Waals surface area contributed by atoms with E-state index in [2.05, 4.69) is 39.1 Å². The molecule has 4 rings (SSSR count). The molecule has 4 nitrogen and oxygen atoms in total. The minimum atomic E-state index is -4.47. The molecule has 0 saturated carbocycles. The zero-order chi connectivity index (χ0) is 20.3. The van der Waals surface area contributed by atoms with E-state index >= 15 is 0 Å². The molecule has 0 amide bonds. The average molecular weight is 398 g/mol. The lowest BCUT2D eigenvalue weighted by Crippen LogP contribution is -2.48. The molecule has 29 heavy (non-hydrogen) atoms. The van der Waals surface area contributed by atoms with Gasteiger partial charge in [-0.1, -0.05) is 60.7 Å². The molecular weight excluding hydrogens is 377 g/mol. The van der Waals surface area contributed by atoms with Crippen molar-refractivity contribution in [2.45, 2.75) is 12.2 Å². The monoisotopic (exact) mass is 398 g/mol. The van der Waals surface area contributed by atoms with Gasteiger partial charge in [0, 0.05) is 32.4 Å². The molecule has 0 aliphatic carbocycles. The first-order valence-electron chi connectivity index (χ1n) is 9.51. The first kappa shape index (κ1) is 19.4. The third-order valence-electron chi connectivity index (χ3n) is 5.13. The first-order chi connectivity index (χ1) is 14.0. The normalized spacial score (nSPS) is 15.7. The molecule has 1 saturated heterocycles. The fraction of sp³-hybridized carbons (Fsp3) is 0.273. The van der Waals surface area contributed by atoms with Crippen LogP contribution in [0.4, 0.5) is 19.1 Å². The first-order valence-corrected chi connectivity index (χ1v) is 9.51. The van der Waals surface area contributed by atoms with Gasteiger partial charge in [-0.25, -0.2) is 9.97 Å². The molecule has 0 spiro atoms. The minimum Gasteiger partial charge on any atom is -0.338 e. The van der Waals surface area contributed by atoms with Crippen LogP contribution in [-0.4, -0.2) is 41.0 Å². The van der Waals surface area contributed by atoms with Crippen LogP contribution in [0.2, 0.25) is 0 Å². The van der Waals surface area contributed by atoms with Gasteiger partial charge in [-0.2, -0.15) is 13.2 Å². The summed E-state index contributed by atoms with van der Waals surface area (Å²) in [6, 6.07) is 21.5. The van der Waals surface area contributed by atoms with Crippen molar-refractivity contribution in [3.05, 3.63) is 89.7 Å². The van der Waals surface area contributed by atoms with Crippen molar-refractivity contribution >= 4 is 5.95 Å². The average Bonchev–Trinajstić information content (AvgIpc) is 2.76. The van der Waals surface area contributed by atoms with Crippen LogP contribution in [0.15, 0.2) is 72.9 Å². The van der Waals surface area contributed by atoms with Gasteiger partial charge in [0.1, 0.15) is 5.69 Å². The van der Waals surface area contributed by atoms with E-state index in [4.69, 9.17) is 0 Å². The summed E-state index contributed by atoms with van der Waals surface area (Å²) in [6.07, 6.45) is -3.29. The van der Waals surface area contributed by atoms with Crippen molar-refractivity contribution in [3.8, 4) is 0 Å². The van der Waals surface area contributed by atoms with E-state index in [9.17, 15) is 13.2 Å². The van der Waals surface area contributed by atoms with Gasteiger partial charge < -0.3 is 4.90 Å². The summed E-state index contributed by atoms with van der Waals surface area (Å²) in [6.45, 7) is 2.54. The third-order valence-corrected chi connectivity index (χ3v) is 5.13. The summed E-state index contributed by atoms with van der Waals surface area (Å²) in [4.78, 5) is 12.0. The van der Waals surface area contributed by atoms with E-state index in [1.807, 2.05) is 41.3 Å². The summed E-state index contributed by atoms with van der Waals surface area (Å²) in [5.74, 6) is 0.135. The Morgan fingerprint density at radius 1 is 0.759 bits per heavy atom. The number of alkyl halides is 3. The van der Waals surface area contributed by atoms with Crippen LogP contribution in [0.25, 0.3) is 0 Å². The van der Waals surface area contributed by atoms with Crippen molar-refractivity contribution in [1.82, 2.24) is 14.9 Å². The Bertz CT molecular complexity index is 884. The Balaban J connectivity index is 1.53. The van der Waals surface area contributed by atoms with E-state index in [1.54, 1.807) is 0 Å². The molecule has 1 aliphatic rings. The lowest BCUT2D eigenvalue weighted by molar-refractivity contribution is -0.141. The van der Waals surface area contributed by atoms with Crippen LogP contribution in [0, 0.1) is 0 Å². The maximum absolute atomic E-state index is 13.0. The Morgan fingerprint density at radius 2 is 1.31 bits per heavy atom. The SMILES string of the molecule is FC(F)(F)c1ccnc(N2CCN(C(c3ccccc3)c3ccccc3)CC2)n1. The van der Waals surface area contributed by atoms with Gasteiger partial charge in [-0.15, -0.1) is 0 Å². The van der Waals surface area contributed by atoms with Gasteiger partial charge in [0.25, 0.3) is 0 Å². The smallest absolute Gasteiger partial charge is 0.338 e. The van der Waals surface area contributed by atoms with E-state index in [0.29, 0.717) is 26.2 Å². The number of nitrogens with zero attached hydrogens (tertiary/aromatic N) is 4. The van der Waals surface area contributed by atoms with Crippen molar-refractivity contribution < 1.29 is 13.2 Å². The number of anilines is 1.